The molecule has 4 heteroatoms. The quantitative estimate of drug-likeness (QED) is 0.782. The summed E-state index contributed by atoms with van der Waals surface area (Å²) < 4.78 is 5.89. The molecule has 1 fully saturated rings. The van der Waals surface area contributed by atoms with Gasteiger partial charge >= 0.3 is 0 Å². The van der Waals surface area contributed by atoms with Gasteiger partial charge in [0.05, 0.1) is 6.61 Å². The molecule has 1 amide bonds. The first-order valence-corrected chi connectivity index (χ1v) is 9.58. The summed E-state index contributed by atoms with van der Waals surface area (Å²) in [4.78, 5) is 15.6. The van der Waals surface area contributed by atoms with Gasteiger partial charge in [-0.15, -0.1) is 11.3 Å². The molecule has 128 valence electrons. The molecule has 0 atom stereocenters. The summed E-state index contributed by atoms with van der Waals surface area (Å²) in [6.07, 6.45) is 3.57. The van der Waals surface area contributed by atoms with Crippen LogP contribution < -0.4 is 4.74 Å². The summed E-state index contributed by atoms with van der Waals surface area (Å²) >= 11 is 1.73. The first-order chi connectivity index (χ1) is 11.7. The second-order valence-electron chi connectivity index (χ2n) is 6.53. The lowest BCUT2D eigenvalue weighted by atomic mass is 9.97. The minimum Gasteiger partial charge on any atom is -0.493 e. The molecule has 3 nitrogen and oxygen atoms in total. The Bertz CT molecular complexity index is 628. The Morgan fingerprint density at radius 2 is 1.96 bits per heavy atom. The number of piperidine rings is 1. The topological polar surface area (TPSA) is 29.5 Å². The van der Waals surface area contributed by atoms with Crippen molar-refractivity contribution in [3.8, 4) is 5.75 Å². The van der Waals surface area contributed by atoms with E-state index in [4.69, 9.17) is 4.74 Å². The monoisotopic (exact) mass is 343 g/mol. The summed E-state index contributed by atoms with van der Waals surface area (Å²) in [5, 5.41) is 2.07. The van der Waals surface area contributed by atoms with Crippen molar-refractivity contribution in [3.63, 3.8) is 0 Å². The standard InChI is InChI=1S/C20H25NO2S/c1-16-4-6-18(7-5-16)23-15-17-10-12-21(13-11-17)20(22)9-8-19-3-2-14-24-19/h2-7,14,17H,8-13,15H2,1H3. The molecule has 1 saturated heterocycles. The van der Waals surface area contributed by atoms with E-state index in [1.54, 1.807) is 11.3 Å². The number of hydrogen-bond donors (Lipinski definition) is 0. The highest BCUT2D eigenvalue weighted by Gasteiger charge is 2.23. The van der Waals surface area contributed by atoms with Gasteiger partial charge in [0.2, 0.25) is 5.91 Å². The minimum atomic E-state index is 0.293. The van der Waals surface area contributed by atoms with E-state index in [2.05, 4.69) is 30.5 Å². The highest BCUT2D eigenvalue weighted by Crippen LogP contribution is 2.21. The summed E-state index contributed by atoms with van der Waals surface area (Å²) in [5.41, 5.74) is 1.25. The van der Waals surface area contributed by atoms with Crippen LogP contribution in [0.25, 0.3) is 0 Å². The molecular weight excluding hydrogens is 318 g/mol. The molecule has 0 unspecified atom stereocenters. The maximum atomic E-state index is 12.3. The zero-order valence-electron chi connectivity index (χ0n) is 14.2. The molecule has 1 aliphatic heterocycles. The summed E-state index contributed by atoms with van der Waals surface area (Å²) in [7, 11) is 0. The number of hydrogen-bond acceptors (Lipinski definition) is 3. The van der Waals surface area contributed by atoms with Crippen molar-refractivity contribution in [3.05, 3.63) is 52.2 Å². The van der Waals surface area contributed by atoms with Crippen LogP contribution >= 0.6 is 11.3 Å². The van der Waals surface area contributed by atoms with Crippen LogP contribution in [0.3, 0.4) is 0 Å². The van der Waals surface area contributed by atoms with Crippen molar-refractivity contribution < 1.29 is 9.53 Å². The number of amides is 1. The Morgan fingerprint density at radius 3 is 2.62 bits per heavy atom. The third-order valence-corrected chi connectivity index (χ3v) is 5.58. The second kappa shape index (κ2) is 8.34. The maximum absolute atomic E-state index is 12.3. The normalized spacial score (nSPS) is 15.5. The highest BCUT2D eigenvalue weighted by molar-refractivity contribution is 7.09. The molecule has 0 saturated carbocycles. The predicted molar refractivity (Wildman–Crippen MR) is 98.6 cm³/mol. The molecule has 0 aliphatic carbocycles. The zero-order valence-corrected chi connectivity index (χ0v) is 15.1. The summed E-state index contributed by atoms with van der Waals surface area (Å²) in [6, 6.07) is 12.3. The molecule has 2 heterocycles. The van der Waals surface area contributed by atoms with E-state index in [1.165, 1.54) is 10.4 Å². The largest absolute Gasteiger partial charge is 0.493 e. The molecular formula is C20H25NO2S. The number of thiophene rings is 1. The first-order valence-electron chi connectivity index (χ1n) is 8.70. The van der Waals surface area contributed by atoms with E-state index in [0.717, 1.165) is 44.7 Å². The van der Waals surface area contributed by atoms with Crippen LogP contribution in [-0.2, 0) is 11.2 Å². The summed E-state index contributed by atoms with van der Waals surface area (Å²) in [5.74, 6) is 1.78. The number of benzene rings is 1. The molecule has 0 radical (unpaired) electrons. The fourth-order valence-electron chi connectivity index (χ4n) is 3.04. The Balaban J connectivity index is 1.37. The number of ether oxygens (including phenoxy) is 1. The zero-order chi connectivity index (χ0) is 16.8. The van der Waals surface area contributed by atoms with Crippen LogP contribution in [0.4, 0.5) is 0 Å². The molecule has 24 heavy (non-hydrogen) atoms. The lowest BCUT2D eigenvalue weighted by Gasteiger charge is -2.32. The minimum absolute atomic E-state index is 0.293. The van der Waals surface area contributed by atoms with Crippen LogP contribution in [0, 0.1) is 12.8 Å². The Hall–Kier alpha value is -1.81. The molecule has 1 aromatic heterocycles. The van der Waals surface area contributed by atoms with Crippen LogP contribution in [0.2, 0.25) is 0 Å². The van der Waals surface area contributed by atoms with E-state index in [9.17, 15) is 4.79 Å². The third-order valence-electron chi connectivity index (χ3n) is 4.64. The number of rotatable bonds is 6. The Morgan fingerprint density at radius 1 is 1.21 bits per heavy atom. The van der Waals surface area contributed by atoms with Gasteiger partial charge in [-0.3, -0.25) is 4.79 Å². The van der Waals surface area contributed by atoms with Gasteiger partial charge in [-0.05, 0) is 55.7 Å². The van der Waals surface area contributed by atoms with Gasteiger partial charge in [0, 0.05) is 24.4 Å². The number of carbonyl (C=O) groups is 1. The van der Waals surface area contributed by atoms with Crippen molar-refractivity contribution in [2.75, 3.05) is 19.7 Å². The fraction of sp³-hybridized carbons (Fsp3) is 0.450. The van der Waals surface area contributed by atoms with E-state index in [0.29, 0.717) is 18.2 Å². The van der Waals surface area contributed by atoms with Gasteiger partial charge in [0.25, 0.3) is 0 Å². The van der Waals surface area contributed by atoms with E-state index >= 15 is 0 Å². The molecule has 1 aliphatic rings. The average Bonchev–Trinajstić information content (AvgIpc) is 3.13. The number of nitrogens with zero attached hydrogens (tertiary/aromatic N) is 1. The predicted octanol–water partition coefficient (Wildman–Crippen LogP) is 4.31. The third kappa shape index (κ3) is 4.84. The van der Waals surface area contributed by atoms with E-state index in [-0.39, 0.29) is 0 Å². The number of likely N-dealkylation sites (tertiary alicyclic amines) is 1. The van der Waals surface area contributed by atoms with Crippen LogP contribution in [0.1, 0.15) is 29.7 Å². The number of aryl methyl sites for hydroxylation is 2. The van der Waals surface area contributed by atoms with Crippen molar-refractivity contribution in [1.29, 1.82) is 0 Å². The van der Waals surface area contributed by atoms with Gasteiger partial charge in [0.1, 0.15) is 5.75 Å². The van der Waals surface area contributed by atoms with Gasteiger partial charge in [-0.1, -0.05) is 23.8 Å². The van der Waals surface area contributed by atoms with Crippen molar-refractivity contribution >= 4 is 17.2 Å². The van der Waals surface area contributed by atoms with Gasteiger partial charge in [-0.25, -0.2) is 0 Å². The Kier molecular flexibility index (Phi) is 5.91. The lowest BCUT2D eigenvalue weighted by Crippen LogP contribution is -2.39. The van der Waals surface area contributed by atoms with Crippen LogP contribution in [0.5, 0.6) is 5.75 Å². The lowest BCUT2D eigenvalue weighted by molar-refractivity contribution is -0.132. The van der Waals surface area contributed by atoms with Gasteiger partial charge in [-0.2, -0.15) is 0 Å². The smallest absolute Gasteiger partial charge is 0.222 e. The van der Waals surface area contributed by atoms with Crippen LogP contribution in [-0.4, -0.2) is 30.5 Å². The molecule has 1 aromatic carbocycles. The number of carbonyl (C=O) groups excluding carboxylic acids is 1. The van der Waals surface area contributed by atoms with Crippen molar-refractivity contribution in [2.45, 2.75) is 32.6 Å². The fourth-order valence-corrected chi connectivity index (χ4v) is 3.75. The molecule has 0 spiro atoms. The molecule has 0 bridgehead atoms. The average molecular weight is 343 g/mol. The van der Waals surface area contributed by atoms with Crippen molar-refractivity contribution in [2.24, 2.45) is 5.92 Å². The van der Waals surface area contributed by atoms with E-state index in [1.807, 2.05) is 23.1 Å². The Labute approximate surface area is 148 Å². The first kappa shape index (κ1) is 17.0. The molecule has 0 N–H and O–H groups in total. The van der Waals surface area contributed by atoms with E-state index < -0.39 is 0 Å². The van der Waals surface area contributed by atoms with Crippen LogP contribution in [0.15, 0.2) is 41.8 Å². The highest BCUT2D eigenvalue weighted by atomic mass is 32.1. The SMILES string of the molecule is Cc1ccc(OCC2CCN(C(=O)CCc3cccs3)CC2)cc1. The maximum Gasteiger partial charge on any atom is 0.222 e. The summed E-state index contributed by atoms with van der Waals surface area (Å²) in [6.45, 7) is 4.56. The van der Waals surface area contributed by atoms with Crippen molar-refractivity contribution in [1.82, 2.24) is 4.90 Å². The second-order valence-corrected chi connectivity index (χ2v) is 7.56. The van der Waals surface area contributed by atoms with Gasteiger partial charge in [0.15, 0.2) is 0 Å². The molecule has 2 aromatic rings. The molecule has 3 rings (SSSR count). The van der Waals surface area contributed by atoms with Gasteiger partial charge < -0.3 is 9.64 Å².